The molecule has 0 unspecified atom stereocenters. The van der Waals surface area contributed by atoms with E-state index in [2.05, 4.69) is 113 Å². The predicted octanol–water partition coefficient (Wildman–Crippen LogP) is 21.7. The molecule has 0 saturated heterocycles. The van der Waals surface area contributed by atoms with E-state index in [1.165, 1.54) is 38.5 Å². The van der Waals surface area contributed by atoms with Gasteiger partial charge in [-0.1, -0.05) is 193 Å². The summed E-state index contributed by atoms with van der Waals surface area (Å²) in [7, 11) is 0. The second-order valence-electron chi connectivity index (χ2n) is 27.0. The largest absolute Gasteiger partial charge is 0.494 e. The van der Waals surface area contributed by atoms with Gasteiger partial charge in [-0.05, 0) is 220 Å². The first kappa shape index (κ1) is 79.3. The molecule has 0 aliphatic rings. The third kappa shape index (κ3) is 25.5. The lowest BCUT2D eigenvalue weighted by Crippen LogP contribution is -2.06. The Hall–Kier alpha value is -11.3. The zero-order valence-electron chi connectivity index (χ0n) is 64.2. The first-order valence-corrected chi connectivity index (χ1v) is 39.6. The van der Waals surface area contributed by atoms with E-state index in [9.17, 15) is 0 Å². The van der Waals surface area contributed by atoms with Crippen LogP contribution in [0.2, 0.25) is 0 Å². The second kappa shape index (κ2) is 44.6. The van der Waals surface area contributed by atoms with Crippen LogP contribution in [-0.4, -0.2) is 69.5 Å². The highest BCUT2D eigenvalue weighted by atomic mass is 16.5. The molecular weight excluding hydrogens is 1330 g/mol. The van der Waals surface area contributed by atoms with E-state index in [0.29, 0.717) is 107 Å². The summed E-state index contributed by atoms with van der Waals surface area (Å²) < 4.78 is 36.8. The van der Waals surface area contributed by atoms with Gasteiger partial charge in [0.1, 0.15) is 102 Å². The van der Waals surface area contributed by atoms with Crippen molar-refractivity contribution in [3.63, 3.8) is 0 Å². The quantitative estimate of drug-likeness (QED) is 0.0210. The van der Waals surface area contributed by atoms with Crippen molar-refractivity contribution in [2.75, 3.05) is 39.6 Å². The summed E-state index contributed by atoms with van der Waals surface area (Å²) in [6.45, 7) is 17.1. The maximum Gasteiger partial charge on any atom is 0.148 e. The summed E-state index contributed by atoms with van der Waals surface area (Å²) in [5, 5.41) is 0. The van der Waals surface area contributed by atoms with Gasteiger partial charge in [0, 0.05) is 33.4 Å². The lowest BCUT2D eigenvalue weighted by atomic mass is 10.1. The fraction of sp³-hybridized carbons (Fsp3) is 0.375. The summed E-state index contributed by atoms with van der Waals surface area (Å²) in [6.07, 6.45) is 26.7. The minimum Gasteiger partial charge on any atom is -0.494 e. The van der Waals surface area contributed by atoms with E-state index < -0.39 is 0 Å². The first-order valence-electron chi connectivity index (χ1n) is 39.6. The Balaban J connectivity index is 1.19. The van der Waals surface area contributed by atoms with Gasteiger partial charge in [-0.2, -0.15) is 0 Å². The topological polar surface area (TPSA) is 133 Å². The fourth-order valence-electron chi connectivity index (χ4n) is 11.7. The average molecular weight is 1440 g/mol. The summed E-state index contributed by atoms with van der Waals surface area (Å²) in [5.74, 6) is 45.4. The molecule has 552 valence electrons. The maximum absolute atomic E-state index is 6.14. The highest BCUT2D eigenvalue weighted by molar-refractivity contribution is 6.18. The van der Waals surface area contributed by atoms with Crippen LogP contribution in [0.3, 0.4) is 0 Å². The summed E-state index contributed by atoms with van der Waals surface area (Å²) in [6, 6.07) is 46.8. The van der Waals surface area contributed by atoms with Gasteiger partial charge in [0.25, 0.3) is 0 Å². The van der Waals surface area contributed by atoms with Gasteiger partial charge >= 0.3 is 0 Å². The third-order valence-corrected chi connectivity index (χ3v) is 18.0. The molecule has 12 heteroatoms. The molecule has 0 bridgehead atoms. The number of unbranched alkanes of at least 4 members (excludes halogenated alkanes) is 18. The smallest absolute Gasteiger partial charge is 0.148 e. The molecule has 0 fully saturated rings. The number of fused-ring (bicyclic) bond motifs is 6. The molecular formula is C96H102N6O6. The van der Waals surface area contributed by atoms with Crippen molar-refractivity contribution in [3.8, 4) is 106 Å². The minimum atomic E-state index is 0.301. The summed E-state index contributed by atoms with van der Waals surface area (Å²) in [4.78, 5) is 32.8. The van der Waals surface area contributed by atoms with E-state index in [-0.39, 0.29) is 0 Å². The molecule has 10 rings (SSSR count). The van der Waals surface area contributed by atoms with E-state index >= 15 is 0 Å². The Morgan fingerprint density at radius 3 is 0.444 bits per heavy atom. The lowest BCUT2D eigenvalue weighted by Gasteiger charge is -2.11. The van der Waals surface area contributed by atoms with Crippen LogP contribution in [-0.2, 0) is 0 Å². The highest BCUT2D eigenvalue weighted by Gasteiger charge is 2.23. The number of rotatable bonds is 36. The number of ether oxygens (including phenoxy) is 6. The van der Waals surface area contributed by atoms with Gasteiger partial charge in [0.15, 0.2) is 0 Å². The van der Waals surface area contributed by atoms with E-state index in [1.807, 2.05) is 146 Å². The van der Waals surface area contributed by atoms with Crippen molar-refractivity contribution in [1.82, 2.24) is 29.9 Å². The molecule has 3 heterocycles. The molecule has 10 aromatic rings. The van der Waals surface area contributed by atoms with Crippen LogP contribution in [0, 0.1) is 71.0 Å². The predicted molar refractivity (Wildman–Crippen MR) is 438 cm³/mol. The number of aromatic nitrogens is 6. The van der Waals surface area contributed by atoms with E-state index in [1.54, 1.807) is 0 Å². The Kier molecular flexibility index (Phi) is 32.8. The first-order chi connectivity index (χ1) is 53.3. The Bertz CT molecular complexity index is 4070. The number of benzene rings is 7. The van der Waals surface area contributed by atoms with Crippen molar-refractivity contribution in [3.05, 3.63) is 213 Å². The number of hydrogen-bond donors (Lipinski definition) is 0. The fourth-order valence-corrected chi connectivity index (χ4v) is 11.7. The maximum atomic E-state index is 6.14. The highest BCUT2D eigenvalue weighted by Crippen LogP contribution is 2.32. The Morgan fingerprint density at radius 1 is 0.176 bits per heavy atom. The van der Waals surface area contributed by atoms with Crippen LogP contribution in [0.5, 0.6) is 34.5 Å². The molecule has 0 amide bonds. The molecule has 0 aliphatic carbocycles. The van der Waals surface area contributed by atoms with Crippen LogP contribution >= 0.6 is 0 Å². The molecule has 3 aromatic heterocycles. The Morgan fingerprint density at radius 2 is 0.315 bits per heavy atom. The molecule has 7 aromatic carbocycles. The normalized spacial score (nSPS) is 10.6. The molecule has 108 heavy (non-hydrogen) atoms. The Labute approximate surface area is 641 Å². The van der Waals surface area contributed by atoms with E-state index in [0.717, 1.165) is 183 Å². The molecule has 0 N–H and O–H groups in total. The molecule has 0 atom stereocenters. The number of hydrogen-bond acceptors (Lipinski definition) is 12. The van der Waals surface area contributed by atoms with Gasteiger partial charge in [0.2, 0.25) is 0 Å². The van der Waals surface area contributed by atoms with Crippen molar-refractivity contribution < 1.29 is 28.4 Å². The molecule has 12 nitrogen and oxygen atoms in total. The van der Waals surface area contributed by atoms with Gasteiger partial charge in [0.05, 0.1) is 39.6 Å². The standard InChI is InChI=1S/C96H102N6O6/c1-7-13-19-25-67-103-79-49-31-73(32-50-79)43-61-85-86(62-44-74-33-51-80(52-34-74)104-68-26-20-14-8-2)98-92-91(97-85)93-95(101-88(64-46-76-37-55-82(56-38-76)106-70-28-22-16-10-4)87(99-93)63-45-75-35-53-81(54-36-75)105-69-27-21-15-9-3)96-94(92)100-89(65-47-77-39-57-83(58-40-77)107-71-29-23-17-11-5)90(102-96)66-48-78-41-59-84(60-42-78)108-72-30-24-18-12-6/h31-42,49-60H,7-30,67-72H2,1-6H3. The SMILES string of the molecule is CCCCCCOc1ccc(C#Cc2nc3c4nc(C#Cc5ccc(OCCCCCC)cc5)c(C#Cc5ccc(OCCCCCC)cc5)nc4c4nc(C#Cc5ccc(OCCCCCC)cc5)c(C#Cc5ccc(OCCCCCC)cc5)nc4c3nc2C#Cc2ccc(OCCCCCC)cc2)cc1. The van der Waals surface area contributed by atoms with Gasteiger partial charge in [-0.3, -0.25) is 0 Å². The third-order valence-electron chi connectivity index (χ3n) is 18.0. The molecule has 0 saturated carbocycles. The van der Waals surface area contributed by atoms with Gasteiger partial charge in [-0.15, -0.1) is 0 Å². The monoisotopic (exact) mass is 1430 g/mol. The average Bonchev–Trinajstić information content (AvgIpc) is 0.725. The van der Waals surface area contributed by atoms with Gasteiger partial charge < -0.3 is 28.4 Å². The van der Waals surface area contributed by atoms with Crippen LogP contribution in [0.15, 0.2) is 146 Å². The van der Waals surface area contributed by atoms with Crippen molar-refractivity contribution in [2.24, 2.45) is 0 Å². The molecule has 0 aliphatic heterocycles. The van der Waals surface area contributed by atoms with Gasteiger partial charge in [-0.25, -0.2) is 29.9 Å². The van der Waals surface area contributed by atoms with Crippen molar-refractivity contribution >= 4 is 33.1 Å². The summed E-state index contributed by atoms with van der Waals surface area (Å²) >= 11 is 0. The molecule has 0 radical (unpaired) electrons. The van der Waals surface area contributed by atoms with E-state index in [4.69, 9.17) is 58.3 Å². The molecule has 0 spiro atoms. The van der Waals surface area contributed by atoms with Crippen molar-refractivity contribution in [1.29, 1.82) is 0 Å². The zero-order valence-corrected chi connectivity index (χ0v) is 64.2. The second-order valence-corrected chi connectivity index (χ2v) is 27.0. The van der Waals surface area contributed by atoms with Crippen molar-refractivity contribution in [2.45, 2.75) is 196 Å². The summed E-state index contributed by atoms with van der Waals surface area (Å²) in [5.41, 5.74) is 8.30. The zero-order chi connectivity index (χ0) is 75.0. The lowest BCUT2D eigenvalue weighted by molar-refractivity contribution is 0.305. The van der Waals surface area contributed by atoms with Crippen LogP contribution in [0.1, 0.15) is 263 Å². The van der Waals surface area contributed by atoms with Crippen LogP contribution < -0.4 is 28.4 Å². The minimum absolute atomic E-state index is 0.301. The van der Waals surface area contributed by atoms with Crippen LogP contribution in [0.25, 0.3) is 33.1 Å². The van der Waals surface area contributed by atoms with Crippen LogP contribution in [0.4, 0.5) is 0 Å². The number of nitrogens with zero attached hydrogens (tertiary/aromatic N) is 6.